The maximum Gasteiger partial charge on any atom is 0.396 e. The van der Waals surface area contributed by atoms with Gasteiger partial charge in [0.1, 0.15) is 11.3 Å². The van der Waals surface area contributed by atoms with Crippen molar-refractivity contribution in [2.45, 2.75) is 20.8 Å². The Balaban J connectivity index is 1.58. The molecule has 0 atom stereocenters. The summed E-state index contributed by atoms with van der Waals surface area (Å²) >= 11 is 0.973. The average Bonchev–Trinajstić information content (AvgIpc) is 3.27. The summed E-state index contributed by atoms with van der Waals surface area (Å²) in [6.07, 6.45) is 0. The number of carbonyl (C=O) groups is 1. The van der Waals surface area contributed by atoms with Crippen LogP contribution in [0.25, 0.3) is 32.4 Å². The van der Waals surface area contributed by atoms with Gasteiger partial charge in [0.05, 0.1) is 4.70 Å². The lowest BCUT2D eigenvalue weighted by atomic mass is 10.0. The second-order valence-corrected chi connectivity index (χ2v) is 8.54. The van der Waals surface area contributed by atoms with Crippen molar-refractivity contribution in [2.75, 3.05) is 0 Å². The molecule has 0 bridgehead atoms. The first-order valence-corrected chi connectivity index (χ1v) is 10.6. The summed E-state index contributed by atoms with van der Waals surface area (Å²) in [6, 6.07) is 17.0. The molecule has 154 valence electrons. The first-order valence-electron chi connectivity index (χ1n) is 9.76. The van der Waals surface area contributed by atoms with E-state index in [1.54, 1.807) is 12.1 Å². The molecule has 2 heterocycles. The van der Waals surface area contributed by atoms with Crippen LogP contribution in [0.1, 0.15) is 27.2 Å². The first kappa shape index (κ1) is 19.3. The van der Waals surface area contributed by atoms with E-state index in [2.05, 4.69) is 0 Å². The number of benzene rings is 3. The minimum atomic E-state index is -0.587. The topological polar surface area (TPSA) is 69.7 Å². The van der Waals surface area contributed by atoms with Crippen molar-refractivity contribution in [1.29, 1.82) is 0 Å². The molecular weight excluding hydrogens is 412 g/mol. The van der Waals surface area contributed by atoms with Crippen molar-refractivity contribution in [3.63, 3.8) is 0 Å². The normalized spacial score (nSPS) is 11.3. The van der Waals surface area contributed by atoms with Gasteiger partial charge < -0.3 is 13.6 Å². The molecule has 0 aliphatic heterocycles. The van der Waals surface area contributed by atoms with Crippen LogP contribution < -0.4 is 9.68 Å². The number of esters is 1. The molecule has 0 aliphatic carbocycles. The average molecular weight is 430 g/mol. The Labute approximate surface area is 181 Å². The molecule has 0 fully saturated rings. The number of fused-ring (bicyclic) bond motifs is 2. The zero-order valence-corrected chi connectivity index (χ0v) is 18.0. The van der Waals surface area contributed by atoms with Gasteiger partial charge in [-0.3, -0.25) is 0 Å². The predicted molar refractivity (Wildman–Crippen MR) is 121 cm³/mol. The number of rotatable bonds is 3. The third-order valence-electron chi connectivity index (χ3n) is 5.26. The molecule has 5 nitrogen and oxygen atoms in total. The van der Waals surface area contributed by atoms with Gasteiger partial charge in [-0.1, -0.05) is 53.3 Å². The molecule has 0 saturated heterocycles. The minimum Gasteiger partial charge on any atom is -0.449 e. The predicted octanol–water partition coefficient (Wildman–Crippen LogP) is 6.41. The largest absolute Gasteiger partial charge is 0.449 e. The number of hydrogen-bond acceptors (Lipinski definition) is 6. The van der Waals surface area contributed by atoms with Crippen LogP contribution in [0.15, 0.2) is 68.2 Å². The van der Waals surface area contributed by atoms with Crippen molar-refractivity contribution < 1.29 is 18.4 Å². The molecule has 0 aliphatic rings. The van der Waals surface area contributed by atoms with Crippen LogP contribution in [0, 0.1) is 20.8 Å². The van der Waals surface area contributed by atoms with Gasteiger partial charge in [-0.25, -0.2) is 9.59 Å². The Morgan fingerprint density at radius 3 is 2.42 bits per heavy atom. The maximum atomic E-state index is 12.9. The maximum absolute atomic E-state index is 12.9. The van der Waals surface area contributed by atoms with E-state index in [1.165, 1.54) is 0 Å². The second kappa shape index (κ2) is 7.25. The van der Waals surface area contributed by atoms with Gasteiger partial charge in [-0.05, 0) is 44.0 Å². The van der Waals surface area contributed by atoms with E-state index in [0.717, 1.165) is 39.0 Å². The summed E-state index contributed by atoms with van der Waals surface area (Å²) in [5.74, 6) is -0.101. The summed E-state index contributed by atoms with van der Waals surface area (Å²) in [6.45, 7) is 5.80. The highest BCUT2D eigenvalue weighted by molar-refractivity contribution is 7.16. The Kier molecular flexibility index (Phi) is 4.52. The van der Waals surface area contributed by atoms with Crippen LogP contribution in [0.4, 0.5) is 0 Å². The molecule has 31 heavy (non-hydrogen) atoms. The lowest BCUT2D eigenvalue weighted by Crippen LogP contribution is -2.08. The van der Waals surface area contributed by atoms with Gasteiger partial charge in [0.2, 0.25) is 5.76 Å². The summed E-state index contributed by atoms with van der Waals surface area (Å²) in [5, 5.41) is 0.876. The third-order valence-corrected chi connectivity index (χ3v) is 6.03. The highest BCUT2D eigenvalue weighted by atomic mass is 32.1. The first-order chi connectivity index (χ1) is 14.9. The highest BCUT2D eigenvalue weighted by Gasteiger charge is 2.21. The van der Waals surface area contributed by atoms with Crippen LogP contribution in [0.3, 0.4) is 0 Å². The fraction of sp³-hybridized carbons (Fsp3) is 0.120. The Morgan fingerprint density at radius 2 is 1.65 bits per heavy atom. The van der Waals surface area contributed by atoms with E-state index >= 15 is 0 Å². The summed E-state index contributed by atoms with van der Waals surface area (Å²) in [7, 11) is 0. The van der Waals surface area contributed by atoms with E-state index in [9.17, 15) is 9.59 Å². The van der Waals surface area contributed by atoms with E-state index in [0.29, 0.717) is 27.2 Å². The van der Waals surface area contributed by atoms with Crippen molar-refractivity contribution in [3.8, 4) is 16.9 Å². The van der Waals surface area contributed by atoms with Crippen molar-refractivity contribution in [2.24, 2.45) is 0 Å². The quantitative estimate of drug-likeness (QED) is 0.244. The lowest BCUT2D eigenvalue weighted by molar-refractivity contribution is 0.0703. The third kappa shape index (κ3) is 3.45. The van der Waals surface area contributed by atoms with Crippen LogP contribution in [0.2, 0.25) is 0 Å². The molecule has 2 aromatic heterocycles. The van der Waals surface area contributed by atoms with Crippen LogP contribution in [-0.4, -0.2) is 5.97 Å². The van der Waals surface area contributed by atoms with Crippen molar-refractivity contribution >= 4 is 38.6 Å². The molecule has 0 amide bonds. The fourth-order valence-corrected chi connectivity index (χ4v) is 4.36. The Hall–Kier alpha value is -3.64. The summed E-state index contributed by atoms with van der Waals surface area (Å²) in [4.78, 5) is 24.4. The number of aryl methyl sites for hydroxylation is 3. The zero-order valence-electron chi connectivity index (χ0n) is 17.1. The second-order valence-electron chi connectivity index (χ2n) is 7.56. The highest BCUT2D eigenvalue weighted by Crippen LogP contribution is 2.35. The summed E-state index contributed by atoms with van der Waals surface area (Å²) in [5.41, 5.74) is 5.57. The van der Waals surface area contributed by atoms with Gasteiger partial charge >= 0.3 is 10.9 Å². The molecule has 0 spiro atoms. The van der Waals surface area contributed by atoms with E-state index < -0.39 is 10.9 Å². The molecule has 3 aromatic carbocycles. The Bertz CT molecular complexity index is 1520. The van der Waals surface area contributed by atoms with Gasteiger partial charge in [0.15, 0.2) is 5.58 Å². The van der Waals surface area contributed by atoms with Crippen molar-refractivity contribution in [1.82, 2.24) is 0 Å². The summed E-state index contributed by atoms with van der Waals surface area (Å²) < 4.78 is 17.5. The molecule has 0 saturated carbocycles. The lowest BCUT2D eigenvalue weighted by Gasteiger charge is -2.08. The molecular formula is C25H18O5S. The number of carbonyl (C=O) groups excluding carboxylic acids is 1. The van der Waals surface area contributed by atoms with E-state index in [1.807, 2.05) is 63.2 Å². The minimum absolute atomic E-state index is 0.165. The number of ether oxygens (including phenoxy) is 1. The van der Waals surface area contributed by atoms with E-state index in [4.69, 9.17) is 13.6 Å². The smallest absolute Gasteiger partial charge is 0.396 e. The standard InChI is InChI=1S/C25H18O5S/c1-13-4-7-16(8-5-13)19-11-17(12-21-23(19)30-25(27)31-21)28-24(26)22-15(3)18-9-6-14(2)10-20(18)29-22/h4-12H,1-3H3. The van der Waals surface area contributed by atoms with Crippen LogP contribution in [-0.2, 0) is 0 Å². The Morgan fingerprint density at radius 1 is 0.903 bits per heavy atom. The molecule has 0 unspecified atom stereocenters. The molecule has 5 aromatic rings. The molecule has 0 radical (unpaired) electrons. The molecule has 6 heteroatoms. The van der Waals surface area contributed by atoms with Crippen LogP contribution >= 0.6 is 11.3 Å². The number of hydrogen-bond donors (Lipinski definition) is 0. The van der Waals surface area contributed by atoms with Gasteiger partial charge in [0, 0.05) is 22.6 Å². The SMILES string of the molecule is Cc1ccc(-c2cc(OC(=O)c3oc4cc(C)ccc4c3C)cc3sc(=O)oc23)cc1. The molecule has 5 rings (SSSR count). The van der Waals surface area contributed by atoms with Crippen molar-refractivity contribution in [3.05, 3.63) is 86.8 Å². The van der Waals surface area contributed by atoms with Gasteiger partial charge in [0.25, 0.3) is 0 Å². The van der Waals surface area contributed by atoms with Gasteiger partial charge in [-0.15, -0.1) is 0 Å². The van der Waals surface area contributed by atoms with Crippen LogP contribution in [0.5, 0.6) is 5.75 Å². The molecule has 0 N–H and O–H groups in total. The van der Waals surface area contributed by atoms with E-state index in [-0.39, 0.29) is 5.76 Å². The fourth-order valence-electron chi connectivity index (χ4n) is 3.64. The number of furan rings is 1. The van der Waals surface area contributed by atoms with Gasteiger partial charge in [-0.2, -0.15) is 0 Å². The monoisotopic (exact) mass is 430 g/mol. The zero-order chi connectivity index (χ0) is 21.7.